The molecule has 4 rings (SSSR count). The van der Waals surface area contributed by atoms with E-state index in [4.69, 9.17) is 33.7 Å². The number of aromatic nitrogens is 3. The van der Waals surface area contributed by atoms with E-state index in [2.05, 4.69) is 0 Å². The molecule has 0 fully saturated rings. The van der Waals surface area contributed by atoms with Crippen molar-refractivity contribution in [2.45, 2.75) is 19.9 Å². The third-order valence-electron chi connectivity index (χ3n) is 5.20. The minimum atomic E-state index is 0.00675. The van der Waals surface area contributed by atoms with Crippen LogP contribution in [0.15, 0.2) is 72.8 Å². The molecule has 0 unspecified atom stereocenters. The molecule has 1 heterocycles. The molecule has 0 N–H and O–H groups in total. The fourth-order valence-corrected chi connectivity index (χ4v) is 3.92. The predicted octanol–water partition coefficient (Wildman–Crippen LogP) is 6.31. The first-order valence-corrected chi connectivity index (χ1v) is 11.0. The fourth-order valence-electron chi connectivity index (χ4n) is 3.47. The summed E-state index contributed by atoms with van der Waals surface area (Å²) in [5.41, 5.74) is 3.49. The minimum Gasteiger partial charge on any atom is -0.496 e. The molecule has 0 spiro atoms. The number of hydrogen-bond acceptors (Lipinski definition) is 4. The van der Waals surface area contributed by atoms with Crippen molar-refractivity contribution >= 4 is 29.6 Å². The van der Waals surface area contributed by atoms with E-state index in [1.165, 1.54) is 0 Å². The van der Waals surface area contributed by atoms with Gasteiger partial charge in [0, 0.05) is 22.7 Å². The first kappa shape index (κ1) is 22.0. The molecule has 0 atom stereocenters. The Morgan fingerprint density at radius 2 is 1.72 bits per heavy atom. The van der Waals surface area contributed by atoms with E-state index in [1.807, 2.05) is 60.0 Å². The predicted molar refractivity (Wildman–Crippen MR) is 130 cm³/mol. The number of ketones is 1. The zero-order valence-corrected chi connectivity index (χ0v) is 19.4. The van der Waals surface area contributed by atoms with Crippen LogP contribution in [0.3, 0.4) is 0 Å². The number of ether oxygens (including phenoxy) is 1. The Kier molecular flexibility index (Phi) is 6.53. The summed E-state index contributed by atoms with van der Waals surface area (Å²) >= 11 is 11.7. The fraction of sp³-hybridized carbons (Fsp3) is 0.160. The Labute approximate surface area is 196 Å². The molecule has 7 heteroatoms. The summed E-state index contributed by atoms with van der Waals surface area (Å²) in [5.74, 6) is 1.37. The number of aryl methyl sites for hydroxylation is 2. The summed E-state index contributed by atoms with van der Waals surface area (Å²) in [6.07, 6.45) is 0.270. The van der Waals surface area contributed by atoms with Crippen LogP contribution in [0.1, 0.15) is 22.3 Å². The number of methoxy groups -OCH3 is 1. The van der Waals surface area contributed by atoms with Crippen LogP contribution < -0.4 is 4.74 Å². The molecule has 4 aromatic rings. The van der Waals surface area contributed by atoms with E-state index in [9.17, 15) is 4.79 Å². The van der Waals surface area contributed by atoms with Crippen LogP contribution in [0, 0.1) is 11.7 Å². The normalized spacial score (nSPS) is 10.8. The highest BCUT2D eigenvalue weighted by Crippen LogP contribution is 2.30. The molecule has 0 aliphatic rings. The van der Waals surface area contributed by atoms with Gasteiger partial charge in [-0.05, 0) is 67.7 Å². The second kappa shape index (κ2) is 9.51. The van der Waals surface area contributed by atoms with Gasteiger partial charge in [0.25, 0.3) is 0 Å². The van der Waals surface area contributed by atoms with Gasteiger partial charge in [-0.1, -0.05) is 41.4 Å². The average Bonchev–Trinajstić information content (AvgIpc) is 3.14. The Balaban J connectivity index is 1.74. The highest BCUT2D eigenvalue weighted by atomic mass is 35.5. The summed E-state index contributed by atoms with van der Waals surface area (Å²) in [4.78, 5) is 12.7. The lowest BCUT2D eigenvalue weighted by atomic mass is 10.1. The molecule has 0 saturated carbocycles. The van der Waals surface area contributed by atoms with Gasteiger partial charge in [0.2, 0.25) is 4.77 Å². The van der Waals surface area contributed by atoms with Gasteiger partial charge in [0.05, 0.1) is 19.2 Å². The van der Waals surface area contributed by atoms with E-state index in [-0.39, 0.29) is 12.2 Å². The molecule has 0 bridgehead atoms. The van der Waals surface area contributed by atoms with E-state index in [1.54, 1.807) is 36.1 Å². The van der Waals surface area contributed by atoms with Crippen LogP contribution in [0.5, 0.6) is 5.75 Å². The molecular weight excluding hydrogens is 442 g/mol. The number of rotatable bonds is 7. The lowest BCUT2D eigenvalue weighted by molar-refractivity contribution is 0.0975. The van der Waals surface area contributed by atoms with Gasteiger partial charge in [-0.2, -0.15) is 5.10 Å². The Morgan fingerprint density at radius 1 is 1.03 bits per heavy atom. The van der Waals surface area contributed by atoms with Crippen LogP contribution in [-0.4, -0.2) is 27.2 Å². The van der Waals surface area contributed by atoms with Crippen molar-refractivity contribution in [2.75, 3.05) is 7.11 Å². The molecule has 0 aliphatic heterocycles. The number of para-hydroxylation sites is 1. The number of carbonyl (C=O) groups excluding carboxylic acids is 1. The quantitative estimate of drug-likeness (QED) is 0.238. The van der Waals surface area contributed by atoms with Gasteiger partial charge >= 0.3 is 0 Å². The van der Waals surface area contributed by atoms with Gasteiger partial charge in [-0.15, -0.1) is 0 Å². The third kappa shape index (κ3) is 4.52. The number of carbonyl (C=O) groups is 1. The summed E-state index contributed by atoms with van der Waals surface area (Å²) in [5, 5.41) is 5.39. The lowest BCUT2D eigenvalue weighted by Crippen LogP contribution is -2.08. The molecule has 0 saturated heterocycles. The van der Waals surface area contributed by atoms with Crippen LogP contribution in [0.4, 0.5) is 0 Å². The molecule has 162 valence electrons. The van der Waals surface area contributed by atoms with Crippen LogP contribution in [0.2, 0.25) is 5.02 Å². The van der Waals surface area contributed by atoms with Crippen molar-refractivity contribution in [3.05, 3.63) is 93.7 Å². The van der Waals surface area contributed by atoms with E-state index >= 15 is 0 Å². The van der Waals surface area contributed by atoms with Crippen LogP contribution >= 0.6 is 23.8 Å². The van der Waals surface area contributed by atoms with Gasteiger partial charge in [0.1, 0.15) is 5.75 Å². The van der Waals surface area contributed by atoms with Crippen LogP contribution in [0.25, 0.3) is 17.1 Å². The maximum atomic E-state index is 12.7. The number of nitrogens with zero attached hydrogens (tertiary/aromatic N) is 3. The number of hydrogen-bond donors (Lipinski definition) is 0. The van der Waals surface area contributed by atoms with Crippen molar-refractivity contribution in [1.82, 2.24) is 14.3 Å². The first-order chi connectivity index (χ1) is 15.5. The second-order valence-electron chi connectivity index (χ2n) is 7.38. The number of benzene rings is 3. The molecule has 3 aromatic carbocycles. The van der Waals surface area contributed by atoms with Crippen molar-refractivity contribution in [1.29, 1.82) is 0 Å². The van der Waals surface area contributed by atoms with Gasteiger partial charge in [0.15, 0.2) is 11.6 Å². The second-order valence-corrected chi connectivity index (χ2v) is 8.18. The Hall–Kier alpha value is -3.22. The standard InChI is InChI=1S/C25H22ClN3O2S/c1-17-7-13-20(14-8-17)29-24(21-5-3-4-6-23(21)31-2)27-28(25(29)32)16-15-22(30)18-9-11-19(26)12-10-18/h3-14H,15-16H2,1-2H3. The molecule has 0 radical (unpaired) electrons. The van der Waals surface area contributed by atoms with E-state index < -0.39 is 0 Å². The van der Waals surface area contributed by atoms with Crippen molar-refractivity contribution < 1.29 is 9.53 Å². The average molecular weight is 464 g/mol. The minimum absolute atomic E-state index is 0.00675. The smallest absolute Gasteiger partial charge is 0.202 e. The maximum Gasteiger partial charge on any atom is 0.202 e. The summed E-state index contributed by atoms with van der Waals surface area (Å²) in [6, 6.07) is 22.7. The molecule has 0 amide bonds. The molecule has 1 aromatic heterocycles. The Bertz CT molecular complexity index is 1310. The molecule has 32 heavy (non-hydrogen) atoms. The molecule has 0 aliphatic carbocycles. The highest BCUT2D eigenvalue weighted by molar-refractivity contribution is 7.71. The number of halogens is 1. The largest absolute Gasteiger partial charge is 0.496 e. The lowest BCUT2D eigenvalue weighted by Gasteiger charge is -2.10. The van der Waals surface area contributed by atoms with Crippen molar-refractivity contribution in [3.63, 3.8) is 0 Å². The summed E-state index contributed by atoms with van der Waals surface area (Å²) in [6.45, 7) is 2.40. The topological polar surface area (TPSA) is 49.1 Å². The maximum absolute atomic E-state index is 12.7. The first-order valence-electron chi connectivity index (χ1n) is 10.2. The van der Waals surface area contributed by atoms with Crippen LogP contribution in [-0.2, 0) is 6.54 Å². The SMILES string of the molecule is COc1ccccc1-c1nn(CCC(=O)c2ccc(Cl)cc2)c(=S)n1-c1ccc(C)cc1. The summed E-state index contributed by atoms with van der Waals surface area (Å²) in [7, 11) is 1.63. The Morgan fingerprint density at radius 3 is 2.41 bits per heavy atom. The summed E-state index contributed by atoms with van der Waals surface area (Å²) < 4.78 is 9.69. The van der Waals surface area contributed by atoms with Crippen molar-refractivity contribution in [2.24, 2.45) is 0 Å². The third-order valence-corrected chi connectivity index (χ3v) is 5.84. The molecule has 5 nitrogen and oxygen atoms in total. The zero-order chi connectivity index (χ0) is 22.7. The highest BCUT2D eigenvalue weighted by Gasteiger charge is 2.18. The van der Waals surface area contributed by atoms with E-state index in [0.717, 1.165) is 16.8 Å². The van der Waals surface area contributed by atoms with E-state index in [0.29, 0.717) is 33.5 Å². The van der Waals surface area contributed by atoms with Gasteiger partial charge in [-0.3, -0.25) is 9.36 Å². The van der Waals surface area contributed by atoms with Gasteiger partial charge in [-0.25, -0.2) is 4.68 Å². The van der Waals surface area contributed by atoms with Gasteiger partial charge < -0.3 is 4.74 Å². The van der Waals surface area contributed by atoms with Crippen molar-refractivity contribution in [3.8, 4) is 22.8 Å². The zero-order valence-electron chi connectivity index (χ0n) is 17.8. The molecular formula is C25H22ClN3O2S. The number of Topliss-reactive ketones (excluding diaryl/α,β-unsaturated/α-hetero) is 1. The monoisotopic (exact) mass is 463 g/mol.